The highest BCUT2D eigenvalue weighted by molar-refractivity contribution is 6.30. The van der Waals surface area contributed by atoms with Crippen molar-refractivity contribution in [2.24, 2.45) is 5.73 Å². The van der Waals surface area contributed by atoms with Gasteiger partial charge in [-0.1, -0.05) is 48.0 Å². The molecular formula is C17H18ClNO2. The van der Waals surface area contributed by atoms with Gasteiger partial charge in [0, 0.05) is 23.2 Å². The Kier molecular flexibility index (Phi) is 5.67. The number of benzene rings is 2. The minimum Gasteiger partial charge on any atom is -0.493 e. The van der Waals surface area contributed by atoms with Crippen LogP contribution in [0.25, 0.3) is 6.08 Å². The van der Waals surface area contributed by atoms with Crippen LogP contribution in [-0.4, -0.2) is 13.7 Å². The van der Waals surface area contributed by atoms with E-state index >= 15 is 0 Å². The minimum atomic E-state index is 0.342. The second-order valence-corrected chi connectivity index (χ2v) is 4.86. The molecule has 0 aliphatic rings. The predicted octanol–water partition coefficient (Wildman–Crippen LogP) is 3.90. The normalized spacial score (nSPS) is 10.8. The average molecular weight is 304 g/mol. The Morgan fingerprint density at radius 1 is 1.19 bits per heavy atom. The van der Waals surface area contributed by atoms with Gasteiger partial charge < -0.3 is 15.2 Å². The zero-order valence-corrected chi connectivity index (χ0v) is 12.6. The van der Waals surface area contributed by atoms with Crippen molar-refractivity contribution in [2.45, 2.75) is 6.54 Å². The molecule has 0 unspecified atom stereocenters. The quantitative estimate of drug-likeness (QED) is 0.880. The van der Waals surface area contributed by atoms with Gasteiger partial charge in [-0.15, -0.1) is 0 Å². The summed E-state index contributed by atoms with van der Waals surface area (Å²) in [7, 11) is 1.58. The maximum Gasteiger partial charge on any atom is 0.166 e. The van der Waals surface area contributed by atoms with Crippen molar-refractivity contribution in [3.05, 3.63) is 64.7 Å². The van der Waals surface area contributed by atoms with E-state index in [1.807, 2.05) is 42.5 Å². The number of nitrogens with two attached hydrogens (primary N) is 1. The van der Waals surface area contributed by atoms with E-state index in [4.69, 9.17) is 26.8 Å². The first-order valence-electron chi connectivity index (χ1n) is 6.65. The van der Waals surface area contributed by atoms with E-state index < -0.39 is 0 Å². The highest BCUT2D eigenvalue weighted by atomic mass is 35.5. The molecule has 4 heteroatoms. The van der Waals surface area contributed by atoms with Crippen LogP contribution in [0.4, 0.5) is 0 Å². The second kappa shape index (κ2) is 7.72. The molecule has 0 saturated heterocycles. The van der Waals surface area contributed by atoms with Gasteiger partial charge in [-0.05, 0) is 17.7 Å². The molecule has 2 aromatic rings. The SMILES string of the molecule is COc1cc(Cl)cc(CN)c1OC/C=C/c1ccccc1. The minimum absolute atomic E-state index is 0.342. The van der Waals surface area contributed by atoms with Gasteiger partial charge in [-0.3, -0.25) is 0 Å². The lowest BCUT2D eigenvalue weighted by atomic mass is 10.2. The lowest BCUT2D eigenvalue weighted by molar-refractivity contribution is 0.323. The molecule has 0 bridgehead atoms. The maximum atomic E-state index is 6.02. The Labute approximate surface area is 129 Å². The Bertz CT molecular complexity index is 586. The number of hydrogen-bond acceptors (Lipinski definition) is 3. The molecule has 0 saturated carbocycles. The van der Waals surface area contributed by atoms with E-state index in [1.54, 1.807) is 19.2 Å². The van der Waals surface area contributed by atoms with Crippen molar-refractivity contribution < 1.29 is 9.47 Å². The molecule has 110 valence electrons. The lowest BCUT2D eigenvalue weighted by Gasteiger charge is -2.13. The first kappa shape index (κ1) is 15.4. The number of rotatable bonds is 6. The van der Waals surface area contributed by atoms with Gasteiger partial charge in [0.05, 0.1) is 7.11 Å². The molecule has 0 heterocycles. The molecule has 0 spiro atoms. The van der Waals surface area contributed by atoms with Crippen molar-refractivity contribution in [1.29, 1.82) is 0 Å². The van der Waals surface area contributed by atoms with Crippen molar-refractivity contribution in [3.8, 4) is 11.5 Å². The molecule has 0 atom stereocenters. The van der Waals surface area contributed by atoms with Gasteiger partial charge in [0.25, 0.3) is 0 Å². The lowest BCUT2D eigenvalue weighted by Crippen LogP contribution is -2.04. The fourth-order valence-electron chi connectivity index (χ4n) is 1.97. The van der Waals surface area contributed by atoms with E-state index in [2.05, 4.69) is 0 Å². The van der Waals surface area contributed by atoms with Crippen LogP contribution in [0.3, 0.4) is 0 Å². The average Bonchev–Trinajstić information content (AvgIpc) is 2.52. The Morgan fingerprint density at radius 3 is 2.62 bits per heavy atom. The van der Waals surface area contributed by atoms with Crippen LogP contribution in [0.5, 0.6) is 11.5 Å². The molecule has 0 amide bonds. The van der Waals surface area contributed by atoms with E-state index in [0.717, 1.165) is 11.1 Å². The maximum absolute atomic E-state index is 6.02. The fourth-order valence-corrected chi connectivity index (χ4v) is 2.20. The Balaban J connectivity index is 2.07. The summed E-state index contributed by atoms with van der Waals surface area (Å²) < 4.78 is 11.1. The fraction of sp³-hybridized carbons (Fsp3) is 0.176. The first-order chi connectivity index (χ1) is 10.2. The van der Waals surface area contributed by atoms with Crippen molar-refractivity contribution >= 4 is 17.7 Å². The number of methoxy groups -OCH3 is 1. The summed E-state index contributed by atoms with van der Waals surface area (Å²) in [6.45, 7) is 0.772. The van der Waals surface area contributed by atoms with E-state index in [1.165, 1.54) is 0 Å². The largest absolute Gasteiger partial charge is 0.493 e. The summed E-state index contributed by atoms with van der Waals surface area (Å²) in [6, 6.07) is 13.6. The standard InChI is InChI=1S/C17H18ClNO2/c1-20-16-11-15(18)10-14(12-19)17(16)21-9-5-8-13-6-3-2-4-7-13/h2-8,10-11H,9,12,19H2,1H3/b8-5+. The van der Waals surface area contributed by atoms with Crippen molar-refractivity contribution in [2.75, 3.05) is 13.7 Å². The Morgan fingerprint density at radius 2 is 1.95 bits per heavy atom. The molecule has 0 aliphatic heterocycles. The van der Waals surface area contributed by atoms with Crippen LogP contribution < -0.4 is 15.2 Å². The van der Waals surface area contributed by atoms with Crippen LogP contribution in [0.2, 0.25) is 5.02 Å². The zero-order valence-electron chi connectivity index (χ0n) is 11.9. The molecule has 0 aliphatic carbocycles. The van der Waals surface area contributed by atoms with Crippen LogP contribution in [-0.2, 0) is 6.54 Å². The molecule has 0 fully saturated rings. The molecule has 3 nitrogen and oxygen atoms in total. The van der Waals surface area contributed by atoms with Crippen LogP contribution >= 0.6 is 11.6 Å². The number of ether oxygens (including phenoxy) is 2. The smallest absolute Gasteiger partial charge is 0.166 e. The monoisotopic (exact) mass is 303 g/mol. The van der Waals surface area contributed by atoms with Gasteiger partial charge >= 0.3 is 0 Å². The van der Waals surface area contributed by atoms with Gasteiger partial charge in [0.2, 0.25) is 0 Å². The van der Waals surface area contributed by atoms with Crippen LogP contribution in [0.15, 0.2) is 48.5 Å². The molecule has 0 aromatic heterocycles. The van der Waals surface area contributed by atoms with Crippen molar-refractivity contribution in [1.82, 2.24) is 0 Å². The highest BCUT2D eigenvalue weighted by Gasteiger charge is 2.11. The van der Waals surface area contributed by atoms with Crippen LogP contribution in [0.1, 0.15) is 11.1 Å². The third kappa shape index (κ3) is 4.25. The zero-order chi connectivity index (χ0) is 15.1. The molecule has 2 rings (SSSR count). The summed E-state index contributed by atoms with van der Waals surface area (Å²) in [5.41, 5.74) is 7.68. The molecule has 2 aromatic carbocycles. The summed E-state index contributed by atoms with van der Waals surface area (Å²) in [4.78, 5) is 0. The summed E-state index contributed by atoms with van der Waals surface area (Å²) in [5.74, 6) is 1.23. The van der Waals surface area contributed by atoms with Crippen LogP contribution in [0, 0.1) is 0 Å². The van der Waals surface area contributed by atoms with Gasteiger partial charge in [0.15, 0.2) is 11.5 Å². The molecule has 2 N–H and O–H groups in total. The number of halogens is 1. The van der Waals surface area contributed by atoms with E-state index in [0.29, 0.717) is 29.7 Å². The first-order valence-corrected chi connectivity index (χ1v) is 7.03. The predicted molar refractivity (Wildman–Crippen MR) is 86.9 cm³/mol. The molecular weight excluding hydrogens is 286 g/mol. The molecule has 0 radical (unpaired) electrons. The van der Waals surface area contributed by atoms with E-state index in [-0.39, 0.29) is 0 Å². The summed E-state index contributed by atoms with van der Waals surface area (Å²) in [6.07, 6.45) is 3.95. The summed E-state index contributed by atoms with van der Waals surface area (Å²) >= 11 is 6.02. The highest BCUT2D eigenvalue weighted by Crippen LogP contribution is 2.34. The second-order valence-electron chi connectivity index (χ2n) is 4.42. The third-order valence-electron chi connectivity index (χ3n) is 2.97. The van der Waals surface area contributed by atoms with E-state index in [9.17, 15) is 0 Å². The van der Waals surface area contributed by atoms with Gasteiger partial charge in [0.1, 0.15) is 6.61 Å². The van der Waals surface area contributed by atoms with Gasteiger partial charge in [-0.25, -0.2) is 0 Å². The number of hydrogen-bond donors (Lipinski definition) is 1. The summed E-state index contributed by atoms with van der Waals surface area (Å²) in [5, 5.41) is 0.583. The van der Waals surface area contributed by atoms with Crippen molar-refractivity contribution in [3.63, 3.8) is 0 Å². The third-order valence-corrected chi connectivity index (χ3v) is 3.19. The Hall–Kier alpha value is -1.97. The molecule has 21 heavy (non-hydrogen) atoms. The topological polar surface area (TPSA) is 44.5 Å². The van der Waals surface area contributed by atoms with Gasteiger partial charge in [-0.2, -0.15) is 0 Å².